The number of aliphatic hydroxyl groups is 1. The highest BCUT2D eigenvalue weighted by atomic mass is 32.2. The predicted molar refractivity (Wildman–Crippen MR) is 71.4 cm³/mol. The van der Waals surface area contributed by atoms with E-state index in [1.807, 2.05) is 18.2 Å². The van der Waals surface area contributed by atoms with Gasteiger partial charge in [0.15, 0.2) is 5.16 Å². The zero-order valence-corrected chi connectivity index (χ0v) is 10.00. The number of hydrogen-bond donors (Lipinski definition) is 2. The number of aromatic amines is 1. The van der Waals surface area contributed by atoms with Gasteiger partial charge in [0.2, 0.25) is 0 Å². The first-order valence-corrected chi connectivity index (χ1v) is 6.48. The fourth-order valence-electron chi connectivity index (χ4n) is 1.93. The number of thioether (sulfide) groups is 1. The monoisotopic (exact) mass is 244 g/mol. The number of nitrogens with zero attached hydrogens (tertiary/aromatic N) is 1. The van der Waals surface area contributed by atoms with Crippen LogP contribution in [0.2, 0.25) is 0 Å². The summed E-state index contributed by atoms with van der Waals surface area (Å²) < 4.78 is 0. The Hall–Kier alpha value is -1.52. The van der Waals surface area contributed by atoms with E-state index in [1.54, 1.807) is 0 Å². The molecule has 3 aromatic rings. The van der Waals surface area contributed by atoms with Crippen molar-refractivity contribution in [2.75, 3.05) is 12.4 Å². The lowest BCUT2D eigenvalue weighted by atomic mass is 10.1. The van der Waals surface area contributed by atoms with Crippen molar-refractivity contribution >= 4 is 33.6 Å². The van der Waals surface area contributed by atoms with E-state index in [1.165, 1.54) is 17.1 Å². The minimum atomic E-state index is 0.169. The van der Waals surface area contributed by atoms with Gasteiger partial charge in [-0.2, -0.15) is 0 Å². The van der Waals surface area contributed by atoms with Gasteiger partial charge in [0, 0.05) is 11.1 Å². The quantitative estimate of drug-likeness (QED) is 0.696. The standard InChI is InChI=1S/C13H12N2OS/c16-7-8-17-13-14-11-6-5-9-3-1-2-4-10(9)12(11)15-13/h1-6,16H,7-8H2,(H,14,15). The number of benzene rings is 2. The molecule has 0 radical (unpaired) electrons. The predicted octanol–water partition coefficient (Wildman–Crippen LogP) is 2.80. The molecule has 0 saturated heterocycles. The molecule has 86 valence electrons. The number of aromatic nitrogens is 2. The van der Waals surface area contributed by atoms with Crippen molar-refractivity contribution in [1.29, 1.82) is 0 Å². The van der Waals surface area contributed by atoms with E-state index in [2.05, 4.69) is 28.2 Å². The van der Waals surface area contributed by atoms with Crippen LogP contribution in [-0.4, -0.2) is 27.4 Å². The molecule has 3 nitrogen and oxygen atoms in total. The minimum Gasteiger partial charge on any atom is -0.396 e. The van der Waals surface area contributed by atoms with Crippen LogP contribution in [0.25, 0.3) is 21.8 Å². The van der Waals surface area contributed by atoms with Crippen molar-refractivity contribution in [2.45, 2.75) is 5.16 Å². The van der Waals surface area contributed by atoms with Crippen LogP contribution in [0.15, 0.2) is 41.6 Å². The van der Waals surface area contributed by atoms with Gasteiger partial charge in [-0.05, 0) is 11.5 Å². The van der Waals surface area contributed by atoms with Gasteiger partial charge in [-0.15, -0.1) is 0 Å². The van der Waals surface area contributed by atoms with Crippen molar-refractivity contribution in [3.63, 3.8) is 0 Å². The van der Waals surface area contributed by atoms with Gasteiger partial charge in [-0.25, -0.2) is 4.98 Å². The van der Waals surface area contributed by atoms with Crippen molar-refractivity contribution in [3.05, 3.63) is 36.4 Å². The summed E-state index contributed by atoms with van der Waals surface area (Å²) >= 11 is 1.54. The molecule has 0 bridgehead atoms. The summed E-state index contributed by atoms with van der Waals surface area (Å²) in [6, 6.07) is 12.4. The third kappa shape index (κ3) is 1.90. The second kappa shape index (κ2) is 4.39. The molecule has 2 N–H and O–H groups in total. The van der Waals surface area contributed by atoms with Crippen LogP contribution < -0.4 is 0 Å². The van der Waals surface area contributed by atoms with Crippen LogP contribution in [0.4, 0.5) is 0 Å². The molecule has 0 saturated carbocycles. The van der Waals surface area contributed by atoms with Crippen molar-refractivity contribution in [2.24, 2.45) is 0 Å². The lowest BCUT2D eigenvalue weighted by Gasteiger charge is -1.96. The van der Waals surface area contributed by atoms with Gasteiger partial charge in [-0.3, -0.25) is 0 Å². The normalized spacial score (nSPS) is 11.4. The smallest absolute Gasteiger partial charge is 0.166 e. The minimum absolute atomic E-state index is 0.169. The van der Waals surface area contributed by atoms with E-state index in [0.29, 0.717) is 5.75 Å². The number of nitrogens with one attached hydrogen (secondary N) is 1. The Balaban J connectivity index is 2.17. The van der Waals surface area contributed by atoms with E-state index < -0.39 is 0 Å². The van der Waals surface area contributed by atoms with Crippen LogP contribution in [0.1, 0.15) is 0 Å². The van der Waals surface area contributed by atoms with Gasteiger partial charge in [0.25, 0.3) is 0 Å². The summed E-state index contributed by atoms with van der Waals surface area (Å²) in [4.78, 5) is 7.84. The van der Waals surface area contributed by atoms with E-state index in [-0.39, 0.29) is 6.61 Å². The highest BCUT2D eigenvalue weighted by molar-refractivity contribution is 7.99. The topological polar surface area (TPSA) is 48.9 Å². The van der Waals surface area contributed by atoms with Crippen molar-refractivity contribution in [1.82, 2.24) is 9.97 Å². The molecule has 3 rings (SSSR count). The second-order valence-corrected chi connectivity index (χ2v) is 4.88. The van der Waals surface area contributed by atoms with Gasteiger partial charge in [0.1, 0.15) is 0 Å². The van der Waals surface area contributed by atoms with Gasteiger partial charge in [0.05, 0.1) is 17.6 Å². The molecule has 1 heterocycles. The maximum Gasteiger partial charge on any atom is 0.166 e. The first kappa shape index (κ1) is 10.6. The van der Waals surface area contributed by atoms with Gasteiger partial charge < -0.3 is 10.1 Å². The first-order valence-electron chi connectivity index (χ1n) is 5.49. The molecule has 0 unspecified atom stereocenters. The maximum atomic E-state index is 8.81. The van der Waals surface area contributed by atoms with Gasteiger partial charge in [-0.1, -0.05) is 42.1 Å². The molecule has 4 heteroatoms. The molecule has 2 aromatic carbocycles. The maximum absolute atomic E-state index is 8.81. The number of fused-ring (bicyclic) bond motifs is 3. The van der Waals surface area contributed by atoms with Crippen molar-refractivity contribution < 1.29 is 5.11 Å². The molecule has 0 amide bonds. The highest BCUT2D eigenvalue weighted by Gasteiger charge is 2.06. The summed E-state index contributed by atoms with van der Waals surface area (Å²) in [5.74, 6) is 0.664. The fraction of sp³-hybridized carbons (Fsp3) is 0.154. The lowest BCUT2D eigenvalue weighted by molar-refractivity contribution is 0.322. The average molecular weight is 244 g/mol. The molecule has 1 aromatic heterocycles. The Labute approximate surface area is 103 Å². The van der Waals surface area contributed by atoms with Crippen LogP contribution >= 0.6 is 11.8 Å². The molecule has 0 fully saturated rings. The van der Waals surface area contributed by atoms with E-state index in [4.69, 9.17) is 5.11 Å². The van der Waals surface area contributed by atoms with Crippen LogP contribution in [-0.2, 0) is 0 Å². The van der Waals surface area contributed by atoms with Crippen LogP contribution in [0.3, 0.4) is 0 Å². The van der Waals surface area contributed by atoms with Crippen LogP contribution in [0, 0.1) is 0 Å². The first-order chi connectivity index (χ1) is 8.38. The number of aliphatic hydroxyl groups excluding tert-OH is 1. The van der Waals surface area contributed by atoms with Crippen LogP contribution in [0.5, 0.6) is 0 Å². The summed E-state index contributed by atoms with van der Waals surface area (Å²) in [5, 5.41) is 12.0. The molecular weight excluding hydrogens is 232 g/mol. The lowest BCUT2D eigenvalue weighted by Crippen LogP contribution is -1.86. The van der Waals surface area contributed by atoms with E-state index >= 15 is 0 Å². The van der Waals surface area contributed by atoms with E-state index in [9.17, 15) is 0 Å². The van der Waals surface area contributed by atoms with Crippen molar-refractivity contribution in [3.8, 4) is 0 Å². The molecule has 0 aliphatic heterocycles. The molecule has 0 aliphatic rings. The number of imidazole rings is 1. The summed E-state index contributed by atoms with van der Waals surface area (Å²) in [7, 11) is 0. The van der Waals surface area contributed by atoms with E-state index in [0.717, 1.165) is 21.6 Å². The second-order valence-electron chi connectivity index (χ2n) is 3.80. The number of H-pyrrole nitrogens is 1. The third-order valence-corrected chi connectivity index (χ3v) is 3.54. The zero-order valence-electron chi connectivity index (χ0n) is 9.18. The Kier molecular flexibility index (Phi) is 2.74. The Morgan fingerprint density at radius 3 is 2.94 bits per heavy atom. The highest BCUT2D eigenvalue weighted by Crippen LogP contribution is 2.26. The largest absolute Gasteiger partial charge is 0.396 e. The molecule has 0 spiro atoms. The SMILES string of the molecule is OCCSc1nc2c(ccc3ccccc32)[nH]1. The average Bonchev–Trinajstić information content (AvgIpc) is 2.79. The Bertz CT molecular complexity index is 663. The molecule has 0 atom stereocenters. The number of rotatable bonds is 3. The zero-order chi connectivity index (χ0) is 11.7. The van der Waals surface area contributed by atoms with Gasteiger partial charge >= 0.3 is 0 Å². The fourth-order valence-corrected chi connectivity index (χ4v) is 2.55. The number of hydrogen-bond acceptors (Lipinski definition) is 3. The Morgan fingerprint density at radius 1 is 1.18 bits per heavy atom. The molecule has 0 aliphatic carbocycles. The summed E-state index contributed by atoms with van der Waals surface area (Å²) in [6.07, 6.45) is 0. The molecule has 17 heavy (non-hydrogen) atoms. The summed E-state index contributed by atoms with van der Waals surface area (Å²) in [6.45, 7) is 0.169. The third-order valence-electron chi connectivity index (χ3n) is 2.69. The Morgan fingerprint density at radius 2 is 2.06 bits per heavy atom. The molecular formula is C13H12N2OS. The summed E-state index contributed by atoms with van der Waals surface area (Å²) in [5.41, 5.74) is 2.05.